The number of para-hydroxylation sites is 1. The molecule has 0 spiro atoms. The van der Waals surface area contributed by atoms with Crippen molar-refractivity contribution < 1.29 is 13.2 Å². The zero-order valence-corrected chi connectivity index (χ0v) is 10.0. The molecule has 0 heterocycles. The summed E-state index contributed by atoms with van der Waals surface area (Å²) in [5.41, 5.74) is 0. The monoisotopic (exact) mass is 228 g/mol. The summed E-state index contributed by atoms with van der Waals surface area (Å²) in [6.45, 7) is 3.76. The SMILES string of the molecule is COc1ccccc1S(=O)(=O)CC(C)C. The first-order chi connectivity index (χ1) is 6.97. The van der Waals surface area contributed by atoms with Crippen LogP contribution in [-0.2, 0) is 9.84 Å². The molecule has 0 atom stereocenters. The van der Waals surface area contributed by atoms with E-state index >= 15 is 0 Å². The molecule has 0 fully saturated rings. The predicted octanol–water partition coefficient (Wildman–Crippen LogP) is 2.12. The van der Waals surface area contributed by atoms with Crippen LogP contribution in [-0.4, -0.2) is 21.3 Å². The van der Waals surface area contributed by atoms with Gasteiger partial charge in [-0.25, -0.2) is 8.42 Å². The van der Waals surface area contributed by atoms with Crippen LogP contribution in [0.25, 0.3) is 0 Å². The van der Waals surface area contributed by atoms with Gasteiger partial charge in [-0.05, 0) is 18.1 Å². The van der Waals surface area contributed by atoms with Crippen LogP contribution in [0.3, 0.4) is 0 Å². The Bertz CT molecular complexity index is 421. The largest absolute Gasteiger partial charge is 0.495 e. The van der Waals surface area contributed by atoms with Crippen LogP contribution in [0.5, 0.6) is 5.75 Å². The number of ether oxygens (including phenoxy) is 1. The lowest BCUT2D eigenvalue weighted by Crippen LogP contribution is -2.12. The highest BCUT2D eigenvalue weighted by Gasteiger charge is 2.20. The van der Waals surface area contributed by atoms with Crippen molar-refractivity contribution in [3.05, 3.63) is 24.3 Å². The molecule has 4 heteroatoms. The van der Waals surface area contributed by atoms with Crippen molar-refractivity contribution >= 4 is 9.84 Å². The van der Waals surface area contributed by atoms with Gasteiger partial charge in [0.05, 0.1) is 12.9 Å². The summed E-state index contributed by atoms with van der Waals surface area (Å²) in [6.07, 6.45) is 0. The van der Waals surface area contributed by atoms with Gasteiger partial charge in [0.25, 0.3) is 0 Å². The Labute approximate surface area is 91.0 Å². The van der Waals surface area contributed by atoms with Gasteiger partial charge in [-0.15, -0.1) is 0 Å². The standard InChI is InChI=1S/C11H16O3S/c1-9(2)8-15(12,13)11-7-5-4-6-10(11)14-3/h4-7,9H,8H2,1-3H3. The van der Waals surface area contributed by atoms with Gasteiger partial charge in [0.2, 0.25) is 0 Å². The first kappa shape index (κ1) is 12.0. The molecule has 1 aromatic carbocycles. The highest BCUT2D eigenvalue weighted by atomic mass is 32.2. The van der Waals surface area contributed by atoms with E-state index in [2.05, 4.69) is 0 Å². The van der Waals surface area contributed by atoms with Crippen LogP contribution >= 0.6 is 0 Å². The smallest absolute Gasteiger partial charge is 0.182 e. The maximum Gasteiger partial charge on any atom is 0.182 e. The molecule has 0 unspecified atom stereocenters. The van der Waals surface area contributed by atoms with Crippen LogP contribution in [0.15, 0.2) is 29.2 Å². The molecule has 15 heavy (non-hydrogen) atoms. The molecule has 0 saturated heterocycles. The molecule has 0 aliphatic carbocycles. The van der Waals surface area contributed by atoms with Crippen LogP contribution in [0.4, 0.5) is 0 Å². The normalized spacial score (nSPS) is 11.7. The molecule has 0 aromatic heterocycles. The van der Waals surface area contributed by atoms with E-state index in [1.54, 1.807) is 24.3 Å². The molecule has 1 rings (SSSR count). The highest BCUT2D eigenvalue weighted by molar-refractivity contribution is 7.91. The van der Waals surface area contributed by atoms with E-state index in [1.807, 2.05) is 13.8 Å². The van der Waals surface area contributed by atoms with Crippen LogP contribution in [0.1, 0.15) is 13.8 Å². The number of rotatable bonds is 4. The number of hydrogen-bond donors (Lipinski definition) is 0. The molecule has 0 aliphatic heterocycles. The average molecular weight is 228 g/mol. The van der Waals surface area contributed by atoms with E-state index in [1.165, 1.54) is 7.11 Å². The minimum absolute atomic E-state index is 0.111. The minimum atomic E-state index is -3.23. The molecular formula is C11H16O3S. The van der Waals surface area contributed by atoms with E-state index in [4.69, 9.17) is 4.74 Å². The lowest BCUT2D eigenvalue weighted by atomic mass is 10.3. The third kappa shape index (κ3) is 2.96. The van der Waals surface area contributed by atoms with Crippen LogP contribution in [0, 0.1) is 5.92 Å². The summed E-state index contributed by atoms with van der Waals surface area (Å²) in [5, 5.41) is 0. The molecule has 0 saturated carbocycles. The fourth-order valence-electron chi connectivity index (χ4n) is 1.40. The van der Waals surface area contributed by atoms with Gasteiger partial charge in [-0.3, -0.25) is 0 Å². The van der Waals surface area contributed by atoms with Gasteiger partial charge in [0.15, 0.2) is 9.84 Å². The molecule has 0 radical (unpaired) electrons. The van der Waals surface area contributed by atoms with Crippen molar-refractivity contribution in [1.82, 2.24) is 0 Å². The lowest BCUT2D eigenvalue weighted by molar-refractivity contribution is 0.402. The van der Waals surface area contributed by atoms with E-state index in [0.29, 0.717) is 5.75 Å². The Morgan fingerprint density at radius 2 is 1.87 bits per heavy atom. The maximum atomic E-state index is 11.9. The molecule has 0 amide bonds. The first-order valence-electron chi connectivity index (χ1n) is 4.83. The average Bonchev–Trinajstić information content (AvgIpc) is 2.16. The lowest BCUT2D eigenvalue weighted by Gasteiger charge is -2.10. The summed E-state index contributed by atoms with van der Waals surface area (Å²) in [6, 6.07) is 6.70. The van der Waals surface area contributed by atoms with Crippen molar-refractivity contribution in [2.45, 2.75) is 18.7 Å². The molecule has 0 N–H and O–H groups in total. The van der Waals surface area contributed by atoms with Gasteiger partial charge in [0, 0.05) is 0 Å². The van der Waals surface area contributed by atoms with Crippen molar-refractivity contribution in [1.29, 1.82) is 0 Å². The fraction of sp³-hybridized carbons (Fsp3) is 0.455. The second-order valence-corrected chi connectivity index (χ2v) is 5.83. The molecule has 84 valence electrons. The number of methoxy groups -OCH3 is 1. The Hall–Kier alpha value is -1.03. The number of benzene rings is 1. The van der Waals surface area contributed by atoms with Crippen LogP contribution in [0.2, 0.25) is 0 Å². The molecule has 0 aliphatic rings. The van der Waals surface area contributed by atoms with Crippen molar-refractivity contribution in [2.75, 3.05) is 12.9 Å². The van der Waals surface area contributed by atoms with Crippen molar-refractivity contribution in [3.63, 3.8) is 0 Å². The Morgan fingerprint density at radius 1 is 1.27 bits per heavy atom. The van der Waals surface area contributed by atoms with Gasteiger partial charge < -0.3 is 4.74 Å². The third-order valence-electron chi connectivity index (χ3n) is 1.96. The van der Waals surface area contributed by atoms with Crippen molar-refractivity contribution in [2.24, 2.45) is 5.92 Å². The maximum absolute atomic E-state index is 11.9. The van der Waals surface area contributed by atoms with Gasteiger partial charge in [0.1, 0.15) is 10.6 Å². The summed E-state index contributed by atoms with van der Waals surface area (Å²) in [5.74, 6) is 0.672. The van der Waals surface area contributed by atoms with E-state index < -0.39 is 9.84 Å². The van der Waals surface area contributed by atoms with Crippen LogP contribution < -0.4 is 4.74 Å². The summed E-state index contributed by atoms with van der Waals surface area (Å²) < 4.78 is 28.9. The van der Waals surface area contributed by atoms with E-state index in [0.717, 1.165) is 0 Å². The van der Waals surface area contributed by atoms with Gasteiger partial charge in [-0.2, -0.15) is 0 Å². The van der Waals surface area contributed by atoms with E-state index in [-0.39, 0.29) is 16.6 Å². The predicted molar refractivity (Wildman–Crippen MR) is 59.9 cm³/mol. The summed E-state index contributed by atoms with van der Waals surface area (Å²) >= 11 is 0. The second kappa shape index (κ2) is 4.66. The summed E-state index contributed by atoms with van der Waals surface area (Å²) in [7, 11) is -1.75. The Balaban J connectivity index is 3.15. The fourth-order valence-corrected chi connectivity index (χ4v) is 3.21. The molecule has 3 nitrogen and oxygen atoms in total. The molecule has 1 aromatic rings. The zero-order valence-electron chi connectivity index (χ0n) is 9.23. The Morgan fingerprint density at radius 3 is 2.40 bits per heavy atom. The highest BCUT2D eigenvalue weighted by Crippen LogP contribution is 2.24. The second-order valence-electron chi connectivity index (χ2n) is 3.83. The summed E-state index contributed by atoms with van der Waals surface area (Å²) in [4.78, 5) is 0.279. The molecular weight excluding hydrogens is 212 g/mol. The number of hydrogen-bond acceptors (Lipinski definition) is 3. The first-order valence-corrected chi connectivity index (χ1v) is 6.48. The van der Waals surface area contributed by atoms with Crippen molar-refractivity contribution in [3.8, 4) is 5.75 Å². The third-order valence-corrected chi connectivity index (χ3v) is 4.07. The van der Waals surface area contributed by atoms with E-state index in [9.17, 15) is 8.42 Å². The number of sulfone groups is 1. The topological polar surface area (TPSA) is 43.4 Å². The quantitative estimate of drug-likeness (QED) is 0.793. The minimum Gasteiger partial charge on any atom is -0.495 e. The molecule has 0 bridgehead atoms. The van der Waals surface area contributed by atoms with Gasteiger partial charge >= 0.3 is 0 Å². The Kier molecular flexibility index (Phi) is 3.74. The zero-order chi connectivity index (χ0) is 11.5. The van der Waals surface area contributed by atoms with Gasteiger partial charge in [-0.1, -0.05) is 26.0 Å².